The van der Waals surface area contributed by atoms with Crippen molar-refractivity contribution in [1.29, 1.82) is 5.26 Å². The van der Waals surface area contributed by atoms with E-state index >= 15 is 0 Å². The van der Waals surface area contributed by atoms with Crippen molar-refractivity contribution in [2.45, 2.75) is 25.0 Å². The number of benzene rings is 1. The Bertz CT molecular complexity index is 524. The fourth-order valence-corrected chi connectivity index (χ4v) is 2.54. The van der Waals surface area contributed by atoms with Crippen LogP contribution in [0.4, 0.5) is 0 Å². The third-order valence-electron chi connectivity index (χ3n) is 3.64. The summed E-state index contributed by atoms with van der Waals surface area (Å²) in [7, 11) is 1.61. The Balaban J connectivity index is 2.18. The molecule has 1 heterocycles. The van der Waals surface area contributed by atoms with Crippen LogP contribution >= 0.6 is 0 Å². The molecule has 0 bridgehead atoms. The molecule has 2 rings (SSSR count). The highest BCUT2D eigenvalue weighted by Gasteiger charge is 2.35. The third kappa shape index (κ3) is 2.98. The number of rotatable bonds is 4. The Morgan fingerprint density at radius 2 is 2.40 bits per heavy atom. The van der Waals surface area contributed by atoms with Gasteiger partial charge in [-0.25, -0.2) is 0 Å². The Kier molecular flexibility index (Phi) is 4.72. The van der Waals surface area contributed by atoms with Crippen LogP contribution in [0.5, 0.6) is 0 Å². The van der Waals surface area contributed by atoms with Crippen molar-refractivity contribution in [3.8, 4) is 6.07 Å². The van der Waals surface area contributed by atoms with Gasteiger partial charge >= 0.3 is 0 Å². The molecule has 1 amide bonds. The number of amides is 1. The van der Waals surface area contributed by atoms with Gasteiger partial charge in [-0.2, -0.15) is 5.26 Å². The highest BCUT2D eigenvalue weighted by molar-refractivity contribution is 5.94. The van der Waals surface area contributed by atoms with E-state index in [0.717, 1.165) is 5.56 Å². The molecular formula is C15H18N2O3. The Hall–Kier alpha value is -1.90. The number of hydrogen-bond acceptors (Lipinski definition) is 4. The second-order valence-electron chi connectivity index (χ2n) is 4.92. The number of likely N-dealkylation sites (tertiary alicyclic amines) is 1. The van der Waals surface area contributed by atoms with Crippen LogP contribution in [0.1, 0.15) is 22.3 Å². The molecule has 106 valence electrons. The first kappa shape index (κ1) is 14.5. The number of hydrogen-bond donors (Lipinski definition) is 1. The summed E-state index contributed by atoms with van der Waals surface area (Å²) in [5, 5.41) is 18.1. The molecule has 0 unspecified atom stereocenters. The average Bonchev–Trinajstić information content (AvgIpc) is 2.90. The summed E-state index contributed by atoms with van der Waals surface area (Å²) in [5.41, 5.74) is 1.37. The van der Waals surface area contributed by atoms with Gasteiger partial charge in [0.2, 0.25) is 0 Å². The minimum atomic E-state index is -0.202. The number of ether oxygens (including phenoxy) is 1. The first-order chi connectivity index (χ1) is 9.69. The van der Waals surface area contributed by atoms with E-state index in [4.69, 9.17) is 10.00 Å². The lowest BCUT2D eigenvalue weighted by atomic mass is 10.1. The van der Waals surface area contributed by atoms with Gasteiger partial charge in [0, 0.05) is 19.2 Å². The molecule has 0 radical (unpaired) electrons. The Morgan fingerprint density at radius 1 is 1.60 bits per heavy atom. The van der Waals surface area contributed by atoms with Crippen molar-refractivity contribution in [2.24, 2.45) is 0 Å². The van der Waals surface area contributed by atoms with Gasteiger partial charge in [0.15, 0.2) is 0 Å². The highest BCUT2D eigenvalue weighted by Crippen LogP contribution is 2.22. The Morgan fingerprint density at radius 3 is 3.05 bits per heavy atom. The minimum Gasteiger partial charge on any atom is -0.394 e. The molecule has 1 aliphatic heterocycles. The zero-order valence-corrected chi connectivity index (χ0v) is 11.5. The molecule has 1 aromatic carbocycles. The van der Waals surface area contributed by atoms with Crippen molar-refractivity contribution < 1.29 is 14.6 Å². The van der Waals surface area contributed by atoms with Crippen LogP contribution in [-0.4, -0.2) is 48.3 Å². The lowest BCUT2D eigenvalue weighted by Gasteiger charge is -2.23. The van der Waals surface area contributed by atoms with E-state index in [-0.39, 0.29) is 31.1 Å². The summed E-state index contributed by atoms with van der Waals surface area (Å²) < 4.78 is 5.27. The molecule has 0 aromatic heterocycles. The fourth-order valence-electron chi connectivity index (χ4n) is 2.54. The number of nitriles is 1. The summed E-state index contributed by atoms with van der Waals surface area (Å²) >= 11 is 0. The van der Waals surface area contributed by atoms with E-state index in [1.54, 1.807) is 30.2 Å². The van der Waals surface area contributed by atoms with Gasteiger partial charge in [0.1, 0.15) is 0 Å². The molecular weight excluding hydrogens is 256 g/mol. The highest BCUT2D eigenvalue weighted by atomic mass is 16.5. The maximum Gasteiger partial charge on any atom is 0.254 e. The van der Waals surface area contributed by atoms with Crippen molar-refractivity contribution in [2.75, 3.05) is 20.3 Å². The maximum atomic E-state index is 12.5. The van der Waals surface area contributed by atoms with E-state index in [1.165, 1.54) is 0 Å². The second-order valence-corrected chi connectivity index (χ2v) is 4.92. The first-order valence-corrected chi connectivity index (χ1v) is 6.60. The van der Waals surface area contributed by atoms with Crippen LogP contribution < -0.4 is 0 Å². The van der Waals surface area contributed by atoms with Gasteiger partial charge in [-0.05, 0) is 24.1 Å². The van der Waals surface area contributed by atoms with Crippen LogP contribution in [0.15, 0.2) is 24.3 Å². The maximum absolute atomic E-state index is 12.5. The largest absolute Gasteiger partial charge is 0.394 e. The van der Waals surface area contributed by atoms with E-state index in [2.05, 4.69) is 6.07 Å². The molecule has 0 spiro atoms. The molecule has 2 atom stereocenters. The van der Waals surface area contributed by atoms with Crippen LogP contribution in [0.2, 0.25) is 0 Å². The normalized spacial score (nSPS) is 21.8. The molecule has 5 heteroatoms. The number of methoxy groups -OCH3 is 1. The average molecular weight is 274 g/mol. The number of carbonyl (C=O) groups is 1. The number of aliphatic hydroxyl groups excluding tert-OH is 1. The predicted molar refractivity (Wildman–Crippen MR) is 73.1 cm³/mol. The van der Waals surface area contributed by atoms with E-state index in [0.29, 0.717) is 18.5 Å². The fraction of sp³-hybridized carbons (Fsp3) is 0.467. The van der Waals surface area contributed by atoms with Crippen molar-refractivity contribution in [3.63, 3.8) is 0 Å². The molecule has 1 saturated heterocycles. The smallest absolute Gasteiger partial charge is 0.254 e. The van der Waals surface area contributed by atoms with Gasteiger partial charge < -0.3 is 14.7 Å². The number of nitrogens with zero attached hydrogens (tertiary/aromatic N) is 2. The zero-order valence-electron chi connectivity index (χ0n) is 11.5. The molecule has 20 heavy (non-hydrogen) atoms. The van der Waals surface area contributed by atoms with Gasteiger partial charge in [-0.3, -0.25) is 4.79 Å². The summed E-state index contributed by atoms with van der Waals surface area (Å²) in [6.45, 7) is 0.423. The standard InChI is InChI=1S/C15H18N2O3/c1-20-14-8-13(10-18)17(9-14)15(19)12-4-2-3-11(7-12)5-6-16/h2-4,7,13-14,18H,5,8-10H2,1H3/t13-,14+/m0/s1. The first-order valence-electron chi connectivity index (χ1n) is 6.60. The number of carbonyl (C=O) groups excluding carboxylic acids is 1. The summed E-state index contributed by atoms with van der Waals surface area (Å²) in [6.07, 6.45) is 0.903. The van der Waals surface area contributed by atoms with E-state index in [1.807, 2.05) is 6.07 Å². The van der Waals surface area contributed by atoms with Crippen LogP contribution in [0.3, 0.4) is 0 Å². The van der Waals surface area contributed by atoms with Crippen molar-refractivity contribution in [3.05, 3.63) is 35.4 Å². The predicted octanol–water partition coefficient (Wildman–Crippen LogP) is 0.974. The molecule has 1 aromatic rings. The lowest BCUT2D eigenvalue weighted by Crippen LogP contribution is -2.38. The second kappa shape index (κ2) is 6.51. The van der Waals surface area contributed by atoms with E-state index in [9.17, 15) is 9.90 Å². The SMILES string of the molecule is CO[C@@H]1C[C@@H](CO)N(C(=O)c2cccc(CC#N)c2)C1. The van der Waals surface area contributed by atoms with Gasteiger partial charge in [-0.1, -0.05) is 12.1 Å². The Labute approximate surface area is 118 Å². The molecule has 5 nitrogen and oxygen atoms in total. The summed E-state index contributed by atoms with van der Waals surface area (Å²) in [4.78, 5) is 14.2. The molecule has 1 fully saturated rings. The summed E-state index contributed by atoms with van der Waals surface area (Å²) in [6, 6.07) is 8.94. The van der Waals surface area contributed by atoms with Gasteiger partial charge in [0.05, 0.1) is 31.2 Å². The van der Waals surface area contributed by atoms with Crippen molar-refractivity contribution >= 4 is 5.91 Å². The molecule has 1 N–H and O–H groups in total. The zero-order chi connectivity index (χ0) is 14.5. The summed E-state index contributed by atoms with van der Waals surface area (Å²) in [5.74, 6) is -0.122. The molecule has 0 aliphatic carbocycles. The monoisotopic (exact) mass is 274 g/mol. The van der Waals surface area contributed by atoms with E-state index < -0.39 is 0 Å². The molecule has 1 aliphatic rings. The third-order valence-corrected chi connectivity index (χ3v) is 3.64. The van der Waals surface area contributed by atoms with Gasteiger partial charge in [-0.15, -0.1) is 0 Å². The van der Waals surface area contributed by atoms with Crippen molar-refractivity contribution in [1.82, 2.24) is 4.90 Å². The number of aliphatic hydroxyl groups is 1. The van der Waals surface area contributed by atoms with Gasteiger partial charge in [0.25, 0.3) is 5.91 Å². The molecule has 0 saturated carbocycles. The van der Waals surface area contributed by atoms with Crippen LogP contribution in [0, 0.1) is 11.3 Å². The topological polar surface area (TPSA) is 73.6 Å². The lowest BCUT2D eigenvalue weighted by molar-refractivity contribution is 0.0648. The van der Waals surface area contributed by atoms with Crippen LogP contribution in [0.25, 0.3) is 0 Å². The quantitative estimate of drug-likeness (QED) is 0.888. The van der Waals surface area contributed by atoms with Crippen LogP contribution in [-0.2, 0) is 11.2 Å². The minimum absolute atomic E-state index is 0.0293.